The van der Waals surface area contributed by atoms with Gasteiger partial charge in [-0.3, -0.25) is 0 Å². The van der Waals surface area contributed by atoms with Crippen molar-refractivity contribution in [1.29, 1.82) is 0 Å². The highest BCUT2D eigenvalue weighted by molar-refractivity contribution is 7.90. The molecule has 3 nitrogen and oxygen atoms in total. The first-order chi connectivity index (χ1) is 5.47. The van der Waals surface area contributed by atoms with E-state index in [9.17, 15) is 8.42 Å². The van der Waals surface area contributed by atoms with E-state index in [-0.39, 0.29) is 0 Å². The number of piperidine rings is 1. The minimum Gasteiger partial charge on any atom is -0.306 e. The van der Waals surface area contributed by atoms with Gasteiger partial charge >= 0.3 is 0 Å². The van der Waals surface area contributed by atoms with Gasteiger partial charge in [-0.15, -0.1) is 0 Å². The zero-order valence-electron chi connectivity index (χ0n) is 7.78. The topological polar surface area (TPSA) is 37.4 Å². The Morgan fingerprint density at radius 1 is 1.33 bits per heavy atom. The van der Waals surface area contributed by atoms with E-state index in [4.69, 9.17) is 0 Å². The van der Waals surface area contributed by atoms with Crippen molar-refractivity contribution < 1.29 is 8.42 Å². The van der Waals surface area contributed by atoms with Crippen molar-refractivity contribution in [2.75, 3.05) is 32.1 Å². The average Bonchev–Trinajstić information content (AvgIpc) is 1.91. The zero-order chi connectivity index (χ0) is 9.19. The number of hydrogen-bond acceptors (Lipinski definition) is 3. The molecule has 0 bridgehead atoms. The van der Waals surface area contributed by atoms with Crippen molar-refractivity contribution in [2.45, 2.75) is 12.8 Å². The maximum absolute atomic E-state index is 11.0. The van der Waals surface area contributed by atoms with Gasteiger partial charge in [0.2, 0.25) is 0 Å². The molecular weight excluding hydrogens is 174 g/mol. The maximum Gasteiger partial charge on any atom is 0.147 e. The summed E-state index contributed by atoms with van der Waals surface area (Å²) in [4.78, 5) is 2.25. The lowest BCUT2D eigenvalue weighted by atomic mass is 10.00. The van der Waals surface area contributed by atoms with E-state index in [0.29, 0.717) is 11.7 Å². The number of nitrogens with zero attached hydrogens (tertiary/aromatic N) is 1. The molecule has 12 heavy (non-hydrogen) atoms. The highest BCUT2D eigenvalue weighted by Gasteiger charge is 2.20. The Bertz CT molecular complexity index is 227. The molecule has 0 atom stereocenters. The predicted molar refractivity (Wildman–Crippen MR) is 49.9 cm³/mol. The molecule has 0 saturated carbocycles. The third kappa shape index (κ3) is 3.54. The fraction of sp³-hybridized carbons (Fsp3) is 1.00. The molecule has 0 aromatic heterocycles. The Morgan fingerprint density at radius 2 is 1.83 bits per heavy atom. The van der Waals surface area contributed by atoms with Crippen molar-refractivity contribution >= 4 is 9.84 Å². The number of likely N-dealkylation sites (tertiary alicyclic amines) is 1. The molecule has 0 spiro atoms. The molecule has 1 aliphatic heterocycles. The van der Waals surface area contributed by atoms with Gasteiger partial charge in [0.25, 0.3) is 0 Å². The average molecular weight is 191 g/mol. The highest BCUT2D eigenvalue weighted by Crippen LogP contribution is 2.17. The Hall–Kier alpha value is -0.0900. The summed E-state index contributed by atoms with van der Waals surface area (Å²) >= 11 is 0. The zero-order valence-corrected chi connectivity index (χ0v) is 8.60. The van der Waals surface area contributed by atoms with Crippen LogP contribution in [0.4, 0.5) is 0 Å². The smallest absolute Gasteiger partial charge is 0.147 e. The Morgan fingerprint density at radius 3 is 2.25 bits per heavy atom. The van der Waals surface area contributed by atoms with Crippen molar-refractivity contribution in [1.82, 2.24) is 4.90 Å². The van der Waals surface area contributed by atoms with E-state index in [2.05, 4.69) is 11.9 Å². The van der Waals surface area contributed by atoms with E-state index >= 15 is 0 Å². The third-order valence-corrected chi connectivity index (χ3v) is 3.45. The molecule has 1 saturated heterocycles. The van der Waals surface area contributed by atoms with Crippen LogP contribution in [-0.2, 0) is 9.84 Å². The van der Waals surface area contributed by atoms with Crippen molar-refractivity contribution in [3.8, 4) is 0 Å². The third-order valence-electron chi connectivity index (χ3n) is 2.38. The lowest BCUT2D eigenvalue weighted by molar-refractivity contribution is 0.231. The van der Waals surface area contributed by atoms with Gasteiger partial charge in [0.05, 0.1) is 5.75 Å². The lowest BCUT2D eigenvalue weighted by Gasteiger charge is -2.28. The summed E-state index contributed by atoms with van der Waals surface area (Å²) in [6.45, 7) is 2.08. The molecule has 1 heterocycles. The van der Waals surface area contributed by atoms with E-state index in [1.54, 1.807) is 0 Å². The monoisotopic (exact) mass is 191 g/mol. The largest absolute Gasteiger partial charge is 0.306 e. The second kappa shape index (κ2) is 3.75. The van der Waals surface area contributed by atoms with Gasteiger partial charge < -0.3 is 4.90 Å². The van der Waals surface area contributed by atoms with Gasteiger partial charge in [-0.1, -0.05) is 0 Å². The molecule has 1 rings (SSSR count). The minimum absolute atomic E-state index is 0.376. The SMILES string of the molecule is CN1CCC(CS(C)(=O)=O)CC1. The van der Waals surface area contributed by atoms with Gasteiger partial charge in [-0.25, -0.2) is 8.42 Å². The summed E-state index contributed by atoms with van der Waals surface area (Å²) in [5.41, 5.74) is 0. The van der Waals surface area contributed by atoms with Gasteiger partial charge in [-0.2, -0.15) is 0 Å². The van der Waals surface area contributed by atoms with Crippen LogP contribution in [0.15, 0.2) is 0 Å². The first kappa shape index (κ1) is 9.99. The molecular formula is C8H17NO2S. The summed E-state index contributed by atoms with van der Waals surface area (Å²) in [5.74, 6) is 0.775. The van der Waals surface area contributed by atoms with Gasteiger partial charge in [0.15, 0.2) is 0 Å². The molecule has 0 aromatic carbocycles. The fourth-order valence-corrected chi connectivity index (χ4v) is 2.85. The highest BCUT2D eigenvalue weighted by atomic mass is 32.2. The van der Waals surface area contributed by atoms with Crippen LogP contribution < -0.4 is 0 Å². The summed E-state index contributed by atoms with van der Waals surface area (Å²) < 4.78 is 21.9. The molecule has 0 aliphatic carbocycles. The van der Waals surface area contributed by atoms with Gasteiger partial charge in [0, 0.05) is 6.26 Å². The molecule has 4 heteroatoms. The van der Waals surface area contributed by atoms with Crippen LogP contribution >= 0.6 is 0 Å². The van der Waals surface area contributed by atoms with E-state index in [1.807, 2.05) is 0 Å². The number of hydrogen-bond donors (Lipinski definition) is 0. The number of sulfone groups is 1. The van der Waals surface area contributed by atoms with Crippen LogP contribution in [0.5, 0.6) is 0 Å². The standard InChI is InChI=1S/C8H17NO2S/c1-9-5-3-8(4-6-9)7-12(2,10)11/h8H,3-7H2,1-2H3. The van der Waals surface area contributed by atoms with E-state index < -0.39 is 9.84 Å². The summed E-state index contributed by atoms with van der Waals surface area (Å²) in [5, 5.41) is 0. The van der Waals surface area contributed by atoms with Crippen LogP contribution in [0.3, 0.4) is 0 Å². The van der Waals surface area contributed by atoms with Crippen LogP contribution in [-0.4, -0.2) is 45.5 Å². The Labute approximate surface area is 74.7 Å². The first-order valence-corrected chi connectivity index (χ1v) is 6.40. The van der Waals surface area contributed by atoms with Crippen LogP contribution in [0, 0.1) is 5.92 Å². The Balaban J connectivity index is 2.36. The quantitative estimate of drug-likeness (QED) is 0.633. The van der Waals surface area contributed by atoms with Crippen LogP contribution in [0.1, 0.15) is 12.8 Å². The summed E-state index contributed by atoms with van der Waals surface area (Å²) in [6, 6.07) is 0. The fourth-order valence-electron chi connectivity index (χ4n) is 1.66. The van der Waals surface area contributed by atoms with Gasteiger partial charge in [-0.05, 0) is 38.9 Å². The maximum atomic E-state index is 11.0. The van der Waals surface area contributed by atoms with Crippen molar-refractivity contribution in [3.05, 3.63) is 0 Å². The lowest BCUT2D eigenvalue weighted by Crippen LogP contribution is -2.32. The summed E-state index contributed by atoms with van der Waals surface area (Å²) in [7, 11) is -0.680. The molecule has 72 valence electrons. The van der Waals surface area contributed by atoms with Crippen LogP contribution in [0.2, 0.25) is 0 Å². The second-order valence-electron chi connectivity index (χ2n) is 3.84. The normalized spacial score (nSPS) is 22.8. The predicted octanol–water partition coefficient (Wildman–Crippen LogP) is 0.373. The van der Waals surface area contributed by atoms with Crippen molar-refractivity contribution in [2.24, 2.45) is 5.92 Å². The van der Waals surface area contributed by atoms with Gasteiger partial charge in [0.1, 0.15) is 9.84 Å². The second-order valence-corrected chi connectivity index (χ2v) is 6.02. The Kier molecular flexibility index (Phi) is 3.12. The molecule has 1 aliphatic rings. The molecule has 1 fully saturated rings. The molecule has 0 N–H and O–H groups in total. The minimum atomic E-state index is -2.76. The molecule has 0 radical (unpaired) electrons. The molecule has 0 amide bonds. The molecule has 0 unspecified atom stereocenters. The van der Waals surface area contributed by atoms with Crippen molar-refractivity contribution in [3.63, 3.8) is 0 Å². The first-order valence-electron chi connectivity index (χ1n) is 4.33. The summed E-state index contributed by atoms with van der Waals surface area (Å²) in [6.07, 6.45) is 3.39. The molecule has 0 aromatic rings. The van der Waals surface area contributed by atoms with E-state index in [0.717, 1.165) is 25.9 Å². The van der Waals surface area contributed by atoms with Crippen LogP contribution in [0.25, 0.3) is 0 Å². The van der Waals surface area contributed by atoms with E-state index in [1.165, 1.54) is 6.26 Å². The number of rotatable bonds is 2.